The summed E-state index contributed by atoms with van der Waals surface area (Å²) in [7, 11) is 0. The molecule has 2 aromatic carbocycles. The third-order valence-electron chi connectivity index (χ3n) is 4.47. The number of phenols is 2. The van der Waals surface area contributed by atoms with Crippen LogP contribution in [0.5, 0.6) is 11.5 Å². The van der Waals surface area contributed by atoms with Gasteiger partial charge in [0.1, 0.15) is 11.5 Å². The summed E-state index contributed by atoms with van der Waals surface area (Å²) in [5.74, 6) is -0.542. The van der Waals surface area contributed by atoms with E-state index in [1.165, 1.54) is 12.1 Å². The maximum absolute atomic E-state index is 11.2. The Labute approximate surface area is 145 Å². The first-order valence-electron chi connectivity index (χ1n) is 7.64. The molecule has 0 bridgehead atoms. The molecule has 132 valence electrons. The van der Waals surface area contributed by atoms with Crippen LogP contribution in [-0.2, 0) is 18.6 Å². The molecule has 0 aromatic heterocycles. The molecule has 4 N–H and O–H groups in total. The van der Waals surface area contributed by atoms with E-state index in [0.29, 0.717) is 23.7 Å². The predicted molar refractivity (Wildman–Crippen MR) is 91.0 cm³/mol. The molecule has 0 unspecified atom stereocenters. The highest BCUT2D eigenvalue weighted by Crippen LogP contribution is 2.38. The maximum Gasteiger partial charge on any atom is 0.153 e. The van der Waals surface area contributed by atoms with Crippen molar-refractivity contribution in [3.63, 3.8) is 0 Å². The van der Waals surface area contributed by atoms with E-state index in [1.54, 1.807) is 12.1 Å². The highest BCUT2D eigenvalue weighted by atomic mass is 16.3. The number of benzene rings is 2. The Bertz CT molecular complexity index is 769. The summed E-state index contributed by atoms with van der Waals surface area (Å²) in [5, 5.41) is 38.8. The molecule has 0 aliphatic heterocycles. The number of carbonyl (C=O) groups excluding carboxylic acids is 2. The van der Waals surface area contributed by atoms with E-state index < -0.39 is 18.6 Å². The molecule has 0 aliphatic rings. The van der Waals surface area contributed by atoms with Crippen LogP contribution in [0, 0.1) is 0 Å². The summed E-state index contributed by atoms with van der Waals surface area (Å²) in [6.45, 7) is 2.85. The molecule has 2 rings (SSSR count). The first-order chi connectivity index (χ1) is 11.8. The number of hydrogen-bond acceptors (Lipinski definition) is 6. The van der Waals surface area contributed by atoms with Gasteiger partial charge in [0, 0.05) is 16.5 Å². The second-order valence-electron chi connectivity index (χ2n) is 6.32. The minimum absolute atomic E-state index is 0.00350. The van der Waals surface area contributed by atoms with E-state index in [1.807, 2.05) is 13.8 Å². The Hall–Kier alpha value is -2.70. The number of aldehydes is 2. The average Bonchev–Trinajstić information content (AvgIpc) is 2.61. The van der Waals surface area contributed by atoms with Crippen molar-refractivity contribution in [3.8, 4) is 11.5 Å². The first kappa shape index (κ1) is 18.6. The van der Waals surface area contributed by atoms with Crippen LogP contribution in [0.1, 0.15) is 56.8 Å². The van der Waals surface area contributed by atoms with Gasteiger partial charge in [0.25, 0.3) is 0 Å². The van der Waals surface area contributed by atoms with E-state index in [9.17, 15) is 30.0 Å². The number of aromatic hydroxyl groups is 2. The number of carbonyl (C=O) groups is 2. The van der Waals surface area contributed by atoms with E-state index in [-0.39, 0.29) is 33.8 Å². The fourth-order valence-corrected chi connectivity index (χ4v) is 2.75. The Morgan fingerprint density at radius 2 is 1.20 bits per heavy atom. The summed E-state index contributed by atoms with van der Waals surface area (Å²) in [4.78, 5) is 22.4. The number of aliphatic hydroxyl groups excluding tert-OH is 2. The summed E-state index contributed by atoms with van der Waals surface area (Å²) in [6.07, 6.45) is 0.939. The molecule has 0 saturated carbocycles. The van der Waals surface area contributed by atoms with Gasteiger partial charge in [0.15, 0.2) is 12.6 Å². The third kappa shape index (κ3) is 3.26. The lowest BCUT2D eigenvalue weighted by molar-refractivity contribution is 0.112. The smallest absolute Gasteiger partial charge is 0.153 e. The second-order valence-corrected chi connectivity index (χ2v) is 6.32. The van der Waals surface area contributed by atoms with Crippen LogP contribution in [0.15, 0.2) is 24.3 Å². The highest BCUT2D eigenvalue weighted by Gasteiger charge is 2.27. The molecular formula is C19H20O6. The van der Waals surface area contributed by atoms with Crippen molar-refractivity contribution in [2.45, 2.75) is 32.5 Å². The Kier molecular flexibility index (Phi) is 5.25. The first-order valence-corrected chi connectivity index (χ1v) is 7.64. The fourth-order valence-electron chi connectivity index (χ4n) is 2.75. The van der Waals surface area contributed by atoms with E-state index in [0.717, 1.165) is 0 Å². The quantitative estimate of drug-likeness (QED) is 0.596. The van der Waals surface area contributed by atoms with Gasteiger partial charge in [-0.3, -0.25) is 9.59 Å². The Morgan fingerprint density at radius 3 is 1.56 bits per heavy atom. The fraction of sp³-hybridized carbons (Fsp3) is 0.263. The molecule has 25 heavy (non-hydrogen) atoms. The van der Waals surface area contributed by atoms with Crippen LogP contribution in [-0.4, -0.2) is 33.0 Å². The predicted octanol–water partition coefficient (Wildman–Crippen LogP) is 2.03. The lowest BCUT2D eigenvalue weighted by Crippen LogP contribution is -2.20. The molecule has 6 nitrogen and oxygen atoms in total. The standard InChI is InChI=1S/C19H20O6/c1-19(2,15-3-11(7-20)17(24)12(4-15)8-21)16-5-13(9-22)18(25)14(6-16)10-23/h3-8,22-25H,9-10H2,1-2H3. The van der Waals surface area contributed by atoms with Crippen LogP contribution in [0.25, 0.3) is 0 Å². The summed E-state index contributed by atoms with van der Waals surface area (Å²) in [6, 6.07) is 6.17. The van der Waals surface area contributed by atoms with E-state index in [2.05, 4.69) is 0 Å². The zero-order valence-electron chi connectivity index (χ0n) is 14.0. The van der Waals surface area contributed by atoms with Crippen molar-refractivity contribution < 1.29 is 30.0 Å². The molecule has 0 saturated heterocycles. The van der Waals surface area contributed by atoms with Gasteiger partial charge < -0.3 is 20.4 Å². The van der Waals surface area contributed by atoms with Crippen LogP contribution in [0.4, 0.5) is 0 Å². The Balaban J connectivity index is 2.70. The largest absolute Gasteiger partial charge is 0.507 e. The van der Waals surface area contributed by atoms with Crippen molar-refractivity contribution in [1.82, 2.24) is 0 Å². The van der Waals surface area contributed by atoms with Crippen molar-refractivity contribution in [2.24, 2.45) is 0 Å². The van der Waals surface area contributed by atoms with Crippen molar-refractivity contribution in [3.05, 3.63) is 57.6 Å². The minimum Gasteiger partial charge on any atom is -0.507 e. The maximum atomic E-state index is 11.2. The van der Waals surface area contributed by atoms with Crippen molar-refractivity contribution >= 4 is 12.6 Å². The van der Waals surface area contributed by atoms with Crippen molar-refractivity contribution in [1.29, 1.82) is 0 Å². The molecule has 0 heterocycles. The van der Waals surface area contributed by atoms with Crippen LogP contribution >= 0.6 is 0 Å². The lowest BCUT2D eigenvalue weighted by Gasteiger charge is -2.28. The lowest BCUT2D eigenvalue weighted by atomic mass is 9.76. The van der Waals surface area contributed by atoms with Gasteiger partial charge in [0.05, 0.1) is 24.3 Å². The van der Waals surface area contributed by atoms with Crippen LogP contribution < -0.4 is 0 Å². The summed E-state index contributed by atoms with van der Waals surface area (Å²) in [5.41, 5.74) is 1.04. The monoisotopic (exact) mass is 344 g/mol. The number of rotatable bonds is 6. The molecule has 0 radical (unpaired) electrons. The van der Waals surface area contributed by atoms with Gasteiger partial charge >= 0.3 is 0 Å². The molecule has 0 spiro atoms. The van der Waals surface area contributed by atoms with Crippen molar-refractivity contribution in [2.75, 3.05) is 0 Å². The van der Waals surface area contributed by atoms with E-state index >= 15 is 0 Å². The number of hydrogen-bond donors (Lipinski definition) is 4. The van der Waals surface area contributed by atoms with Gasteiger partial charge in [-0.15, -0.1) is 0 Å². The van der Waals surface area contributed by atoms with Crippen LogP contribution in [0.3, 0.4) is 0 Å². The normalized spacial score (nSPS) is 11.4. The average molecular weight is 344 g/mol. The number of aliphatic hydroxyl groups is 2. The molecule has 6 heteroatoms. The number of phenolic OH excluding ortho intramolecular Hbond substituents is 1. The minimum atomic E-state index is -0.731. The molecule has 0 aliphatic carbocycles. The van der Waals surface area contributed by atoms with Gasteiger partial charge in [-0.1, -0.05) is 13.8 Å². The van der Waals surface area contributed by atoms with Gasteiger partial charge in [-0.25, -0.2) is 0 Å². The third-order valence-corrected chi connectivity index (χ3v) is 4.47. The van der Waals surface area contributed by atoms with E-state index in [4.69, 9.17) is 0 Å². The zero-order chi connectivity index (χ0) is 18.8. The SMILES string of the molecule is CC(C)(c1cc(C=O)c(O)c(C=O)c1)c1cc(CO)c(O)c(CO)c1. The van der Waals surface area contributed by atoms with Gasteiger partial charge in [0.2, 0.25) is 0 Å². The zero-order valence-corrected chi connectivity index (χ0v) is 14.0. The second kappa shape index (κ2) is 7.04. The molecule has 0 atom stereocenters. The Morgan fingerprint density at radius 1 is 0.800 bits per heavy atom. The van der Waals surface area contributed by atoms with Crippen LogP contribution in [0.2, 0.25) is 0 Å². The van der Waals surface area contributed by atoms with Gasteiger partial charge in [-0.2, -0.15) is 0 Å². The molecule has 0 amide bonds. The highest BCUT2D eigenvalue weighted by molar-refractivity contribution is 5.89. The summed E-state index contributed by atoms with van der Waals surface area (Å²) >= 11 is 0. The summed E-state index contributed by atoms with van der Waals surface area (Å²) < 4.78 is 0. The molecule has 0 fully saturated rings. The topological polar surface area (TPSA) is 115 Å². The molecule has 2 aromatic rings. The van der Waals surface area contributed by atoms with Gasteiger partial charge in [-0.05, 0) is 35.4 Å². The molecular weight excluding hydrogens is 324 g/mol.